The third-order valence-corrected chi connectivity index (χ3v) is 2.21. The normalized spacial score (nSPS) is 10.5. The molecule has 0 fully saturated rings. The Kier molecular flexibility index (Phi) is 3.74. The Morgan fingerprint density at radius 2 is 2.27 bits per heavy atom. The second-order valence-electron chi connectivity index (χ2n) is 2.78. The summed E-state index contributed by atoms with van der Waals surface area (Å²) in [5.74, 6) is -0.501. The first-order valence-electron chi connectivity index (χ1n) is 4.08. The van der Waals surface area contributed by atoms with Crippen LogP contribution in [0.15, 0.2) is 22.7 Å². The molecule has 0 aliphatic carbocycles. The lowest BCUT2D eigenvalue weighted by Gasteiger charge is -2.08. The maximum Gasteiger partial charge on any atom is 0.328 e. The van der Waals surface area contributed by atoms with Gasteiger partial charge in [-0.1, -0.05) is 15.9 Å². The van der Waals surface area contributed by atoms with Crippen molar-refractivity contribution >= 4 is 33.7 Å². The molecule has 15 heavy (non-hydrogen) atoms. The number of ether oxygens (including phenoxy) is 1. The van der Waals surface area contributed by atoms with Crippen molar-refractivity contribution in [3.63, 3.8) is 0 Å². The Balaban J connectivity index is 3.20. The number of carboxylic acid groups (broad SMARTS) is 1. The van der Waals surface area contributed by atoms with Crippen LogP contribution in [0.5, 0.6) is 5.75 Å². The fraction of sp³-hybridized carbons (Fsp3) is 0.100. The fourth-order valence-electron chi connectivity index (χ4n) is 1.12. The van der Waals surface area contributed by atoms with E-state index < -0.39 is 5.97 Å². The van der Waals surface area contributed by atoms with Crippen LogP contribution in [-0.4, -0.2) is 18.2 Å². The van der Waals surface area contributed by atoms with E-state index in [1.54, 1.807) is 12.1 Å². The van der Waals surface area contributed by atoms with Crippen molar-refractivity contribution in [3.05, 3.63) is 28.2 Å². The topological polar surface area (TPSA) is 72.5 Å². The maximum absolute atomic E-state index is 10.4. The Morgan fingerprint density at radius 3 is 2.80 bits per heavy atom. The van der Waals surface area contributed by atoms with Crippen LogP contribution in [0, 0.1) is 0 Å². The van der Waals surface area contributed by atoms with Gasteiger partial charge in [0.1, 0.15) is 5.75 Å². The first-order chi connectivity index (χ1) is 7.04. The van der Waals surface area contributed by atoms with E-state index in [0.717, 1.165) is 10.5 Å². The highest BCUT2D eigenvalue weighted by Crippen LogP contribution is 2.30. The summed E-state index contributed by atoms with van der Waals surface area (Å²) in [7, 11) is 1.50. The molecule has 0 aliphatic rings. The van der Waals surface area contributed by atoms with Crippen LogP contribution in [0.1, 0.15) is 5.56 Å². The van der Waals surface area contributed by atoms with Gasteiger partial charge in [-0.05, 0) is 18.2 Å². The van der Waals surface area contributed by atoms with E-state index in [4.69, 9.17) is 15.6 Å². The molecule has 0 heterocycles. The van der Waals surface area contributed by atoms with E-state index >= 15 is 0 Å². The minimum absolute atomic E-state index is 0.457. The molecular weight excluding hydrogens is 262 g/mol. The molecule has 0 amide bonds. The summed E-state index contributed by atoms with van der Waals surface area (Å²) in [6.45, 7) is 0. The van der Waals surface area contributed by atoms with Crippen molar-refractivity contribution < 1.29 is 14.6 Å². The largest absolute Gasteiger partial charge is 0.496 e. The lowest BCUT2D eigenvalue weighted by Crippen LogP contribution is -1.95. The molecule has 0 atom stereocenters. The Labute approximate surface area is 95.5 Å². The standard InChI is InChI=1S/C10H10BrNO3/c1-15-9-5-6(11)4-8(12)7(9)2-3-10(13)14/h2-5H,12H2,1H3,(H,13,14)/b3-2+. The van der Waals surface area contributed by atoms with Crippen molar-refractivity contribution in [2.75, 3.05) is 12.8 Å². The van der Waals surface area contributed by atoms with E-state index in [-0.39, 0.29) is 0 Å². The number of aliphatic carboxylic acids is 1. The monoisotopic (exact) mass is 271 g/mol. The number of anilines is 1. The van der Waals surface area contributed by atoms with E-state index in [1.807, 2.05) is 0 Å². The number of hydrogen-bond donors (Lipinski definition) is 2. The number of benzene rings is 1. The van der Waals surface area contributed by atoms with Gasteiger partial charge in [-0.25, -0.2) is 4.79 Å². The average molecular weight is 272 g/mol. The molecule has 1 rings (SSSR count). The fourth-order valence-corrected chi connectivity index (χ4v) is 1.57. The highest BCUT2D eigenvalue weighted by atomic mass is 79.9. The highest BCUT2D eigenvalue weighted by Gasteiger charge is 2.06. The smallest absolute Gasteiger partial charge is 0.328 e. The molecule has 3 N–H and O–H groups in total. The third kappa shape index (κ3) is 2.99. The molecule has 0 aromatic heterocycles. The van der Waals surface area contributed by atoms with Crippen LogP contribution in [0.25, 0.3) is 6.08 Å². The van der Waals surface area contributed by atoms with Crippen LogP contribution in [0.2, 0.25) is 0 Å². The Hall–Kier alpha value is -1.49. The molecule has 0 saturated heterocycles. The summed E-state index contributed by atoms with van der Waals surface area (Å²) in [6.07, 6.45) is 2.42. The van der Waals surface area contributed by atoms with Crippen LogP contribution in [-0.2, 0) is 4.79 Å². The minimum atomic E-state index is -1.03. The van der Waals surface area contributed by atoms with Crippen LogP contribution in [0.4, 0.5) is 5.69 Å². The first kappa shape index (κ1) is 11.6. The van der Waals surface area contributed by atoms with Crippen LogP contribution >= 0.6 is 15.9 Å². The molecule has 0 unspecified atom stereocenters. The van der Waals surface area contributed by atoms with Gasteiger partial charge in [-0.3, -0.25) is 0 Å². The molecule has 0 radical (unpaired) electrons. The lowest BCUT2D eigenvalue weighted by atomic mass is 10.1. The number of nitrogens with two attached hydrogens (primary N) is 1. The van der Waals surface area contributed by atoms with Gasteiger partial charge >= 0.3 is 5.97 Å². The number of halogens is 1. The van der Waals surface area contributed by atoms with Gasteiger partial charge in [0.2, 0.25) is 0 Å². The second kappa shape index (κ2) is 4.84. The predicted molar refractivity (Wildman–Crippen MR) is 61.8 cm³/mol. The molecular formula is C10H10BrNO3. The summed E-state index contributed by atoms with van der Waals surface area (Å²) < 4.78 is 5.87. The number of hydrogen-bond acceptors (Lipinski definition) is 3. The third-order valence-electron chi connectivity index (χ3n) is 1.75. The van der Waals surface area contributed by atoms with Crippen LogP contribution in [0.3, 0.4) is 0 Å². The summed E-state index contributed by atoms with van der Waals surface area (Å²) in [5.41, 5.74) is 6.75. The number of rotatable bonds is 3. The van der Waals surface area contributed by atoms with Crippen LogP contribution < -0.4 is 10.5 Å². The summed E-state index contributed by atoms with van der Waals surface area (Å²) in [4.78, 5) is 10.4. The quantitative estimate of drug-likeness (QED) is 0.653. The predicted octanol–water partition coefficient (Wildman–Crippen LogP) is 2.14. The zero-order valence-corrected chi connectivity index (χ0v) is 9.61. The van der Waals surface area contributed by atoms with Gasteiger partial charge in [0.15, 0.2) is 0 Å². The Bertz CT molecular complexity index is 415. The van der Waals surface area contributed by atoms with E-state index in [2.05, 4.69) is 15.9 Å². The summed E-state index contributed by atoms with van der Waals surface area (Å²) in [6, 6.07) is 3.40. The minimum Gasteiger partial charge on any atom is -0.496 e. The number of nitrogen functional groups attached to an aromatic ring is 1. The summed E-state index contributed by atoms with van der Waals surface area (Å²) >= 11 is 3.27. The van der Waals surface area contributed by atoms with Gasteiger partial charge < -0.3 is 15.6 Å². The Morgan fingerprint density at radius 1 is 1.60 bits per heavy atom. The van der Waals surface area contributed by atoms with Gasteiger partial charge in [-0.15, -0.1) is 0 Å². The van der Waals surface area contributed by atoms with E-state index in [9.17, 15) is 4.79 Å². The van der Waals surface area contributed by atoms with Crippen molar-refractivity contribution in [3.8, 4) is 5.75 Å². The highest BCUT2D eigenvalue weighted by molar-refractivity contribution is 9.10. The average Bonchev–Trinajstić information content (AvgIpc) is 2.14. The molecule has 80 valence electrons. The maximum atomic E-state index is 10.4. The first-order valence-corrected chi connectivity index (χ1v) is 4.88. The van der Waals surface area contributed by atoms with Gasteiger partial charge in [-0.2, -0.15) is 0 Å². The molecule has 0 spiro atoms. The molecule has 0 saturated carbocycles. The van der Waals surface area contributed by atoms with Crippen molar-refractivity contribution in [1.29, 1.82) is 0 Å². The molecule has 4 nitrogen and oxygen atoms in total. The van der Waals surface area contributed by atoms with Crippen molar-refractivity contribution in [1.82, 2.24) is 0 Å². The molecule has 5 heteroatoms. The van der Waals surface area contributed by atoms with Gasteiger partial charge in [0.25, 0.3) is 0 Å². The number of methoxy groups -OCH3 is 1. The van der Waals surface area contributed by atoms with E-state index in [0.29, 0.717) is 17.0 Å². The van der Waals surface area contributed by atoms with Gasteiger partial charge in [0.05, 0.1) is 7.11 Å². The zero-order valence-electron chi connectivity index (χ0n) is 8.03. The summed E-state index contributed by atoms with van der Waals surface area (Å²) in [5, 5.41) is 8.51. The van der Waals surface area contributed by atoms with Crippen molar-refractivity contribution in [2.24, 2.45) is 0 Å². The second-order valence-corrected chi connectivity index (χ2v) is 3.70. The zero-order chi connectivity index (χ0) is 11.4. The molecule has 1 aromatic carbocycles. The SMILES string of the molecule is COc1cc(Br)cc(N)c1/C=C/C(=O)O. The van der Waals surface area contributed by atoms with E-state index in [1.165, 1.54) is 13.2 Å². The molecule has 0 bridgehead atoms. The number of carbonyl (C=O) groups is 1. The molecule has 0 aliphatic heterocycles. The molecule has 1 aromatic rings. The van der Waals surface area contributed by atoms with Gasteiger partial charge in [0, 0.05) is 21.8 Å². The lowest BCUT2D eigenvalue weighted by molar-refractivity contribution is -0.131. The number of carboxylic acids is 1. The van der Waals surface area contributed by atoms with Crippen molar-refractivity contribution in [2.45, 2.75) is 0 Å².